The molecule has 2 amide bonds. The van der Waals surface area contributed by atoms with Crippen molar-refractivity contribution in [3.8, 4) is 11.5 Å². The van der Waals surface area contributed by atoms with Crippen LogP contribution in [0.15, 0.2) is 101 Å². The van der Waals surface area contributed by atoms with Crippen LogP contribution >= 0.6 is 11.8 Å². The summed E-state index contributed by atoms with van der Waals surface area (Å²) in [5.41, 5.74) is 3.48. The number of carbonyl (C=O) groups excluding carboxylic acids is 2. The van der Waals surface area contributed by atoms with Gasteiger partial charge >= 0.3 is 0 Å². The van der Waals surface area contributed by atoms with Gasteiger partial charge in [0.05, 0.1) is 5.75 Å². The number of nitrogens with one attached hydrogen (secondary N) is 2. The standard InChI is InChI=1S/C28H22N4O3S/c1-18-11-14-23(16-24(18)30-26(34)20-8-3-2-4-9-20)29-25(33)17-36-28-32-31-27(35-28)22-13-12-19-7-5-6-10-21(19)15-22/h2-16H,17H2,1H3,(H,29,33)(H,30,34). The largest absolute Gasteiger partial charge is 0.411 e. The Kier molecular flexibility index (Phi) is 6.77. The van der Waals surface area contributed by atoms with Crippen LogP contribution in [0.25, 0.3) is 22.2 Å². The summed E-state index contributed by atoms with van der Waals surface area (Å²) in [6.07, 6.45) is 0. The third-order valence-corrected chi connectivity index (χ3v) is 6.35. The smallest absolute Gasteiger partial charge is 0.277 e. The van der Waals surface area contributed by atoms with Gasteiger partial charge in [-0.3, -0.25) is 9.59 Å². The molecule has 36 heavy (non-hydrogen) atoms. The number of hydrogen-bond donors (Lipinski definition) is 2. The minimum absolute atomic E-state index is 0.0962. The van der Waals surface area contributed by atoms with Gasteiger partial charge in [0.25, 0.3) is 11.1 Å². The van der Waals surface area contributed by atoms with Crippen molar-refractivity contribution >= 4 is 45.7 Å². The predicted molar refractivity (Wildman–Crippen MR) is 142 cm³/mol. The fraction of sp³-hybridized carbons (Fsp3) is 0.0714. The Bertz CT molecular complexity index is 1550. The van der Waals surface area contributed by atoms with E-state index in [4.69, 9.17) is 4.42 Å². The molecule has 0 aliphatic heterocycles. The number of amides is 2. The maximum Gasteiger partial charge on any atom is 0.277 e. The van der Waals surface area contributed by atoms with Crippen LogP contribution in [0.3, 0.4) is 0 Å². The Balaban J connectivity index is 1.19. The number of benzene rings is 4. The lowest BCUT2D eigenvalue weighted by Crippen LogP contribution is -2.15. The molecule has 0 unspecified atom stereocenters. The summed E-state index contributed by atoms with van der Waals surface area (Å²) in [5, 5.41) is 16.5. The van der Waals surface area contributed by atoms with Gasteiger partial charge in [-0.05, 0) is 59.7 Å². The van der Waals surface area contributed by atoms with Crippen molar-refractivity contribution in [1.29, 1.82) is 0 Å². The van der Waals surface area contributed by atoms with Gasteiger partial charge < -0.3 is 15.1 Å². The third-order valence-electron chi connectivity index (χ3n) is 5.54. The zero-order valence-electron chi connectivity index (χ0n) is 19.4. The summed E-state index contributed by atoms with van der Waals surface area (Å²) < 4.78 is 5.75. The highest BCUT2D eigenvalue weighted by molar-refractivity contribution is 7.99. The molecule has 0 saturated heterocycles. The molecule has 0 spiro atoms. The summed E-state index contributed by atoms with van der Waals surface area (Å²) in [6, 6.07) is 28.3. The Morgan fingerprint density at radius 3 is 2.44 bits per heavy atom. The molecule has 178 valence electrons. The predicted octanol–water partition coefficient (Wildman–Crippen LogP) is 6.18. The molecule has 2 N–H and O–H groups in total. The normalized spacial score (nSPS) is 10.8. The molecule has 1 heterocycles. The van der Waals surface area contributed by atoms with Crippen molar-refractivity contribution in [2.75, 3.05) is 16.4 Å². The molecule has 0 bridgehead atoms. The molecule has 0 aliphatic rings. The Hall–Kier alpha value is -4.43. The summed E-state index contributed by atoms with van der Waals surface area (Å²) in [4.78, 5) is 25.0. The minimum Gasteiger partial charge on any atom is -0.411 e. The molecular formula is C28H22N4O3S. The maximum atomic E-state index is 12.5. The van der Waals surface area contributed by atoms with E-state index in [0.29, 0.717) is 28.1 Å². The van der Waals surface area contributed by atoms with E-state index in [2.05, 4.69) is 20.8 Å². The van der Waals surface area contributed by atoms with E-state index in [-0.39, 0.29) is 17.6 Å². The molecular weight excluding hydrogens is 472 g/mol. The molecule has 0 atom stereocenters. The molecule has 8 heteroatoms. The lowest BCUT2D eigenvalue weighted by molar-refractivity contribution is -0.113. The molecule has 5 aromatic rings. The van der Waals surface area contributed by atoms with E-state index in [9.17, 15) is 9.59 Å². The second kappa shape index (κ2) is 10.5. The van der Waals surface area contributed by atoms with E-state index in [1.54, 1.807) is 24.3 Å². The molecule has 0 radical (unpaired) electrons. The van der Waals surface area contributed by atoms with Crippen molar-refractivity contribution in [3.05, 3.63) is 102 Å². The molecule has 0 fully saturated rings. The lowest BCUT2D eigenvalue weighted by Gasteiger charge is -2.11. The number of hydrogen-bond acceptors (Lipinski definition) is 6. The van der Waals surface area contributed by atoms with Gasteiger partial charge in [0.15, 0.2) is 0 Å². The first-order valence-electron chi connectivity index (χ1n) is 11.3. The van der Waals surface area contributed by atoms with Crippen LogP contribution < -0.4 is 10.6 Å². The van der Waals surface area contributed by atoms with Gasteiger partial charge in [0, 0.05) is 22.5 Å². The van der Waals surface area contributed by atoms with Crippen molar-refractivity contribution < 1.29 is 14.0 Å². The Morgan fingerprint density at radius 1 is 0.833 bits per heavy atom. The van der Waals surface area contributed by atoms with Crippen LogP contribution in [0.4, 0.5) is 11.4 Å². The fourth-order valence-electron chi connectivity index (χ4n) is 3.65. The van der Waals surface area contributed by atoms with Crippen LogP contribution in [0.5, 0.6) is 0 Å². The highest BCUT2D eigenvalue weighted by atomic mass is 32.2. The number of fused-ring (bicyclic) bond motifs is 1. The number of aromatic nitrogens is 2. The third kappa shape index (κ3) is 5.45. The molecule has 7 nitrogen and oxygen atoms in total. The van der Waals surface area contributed by atoms with Crippen molar-refractivity contribution in [2.24, 2.45) is 0 Å². The van der Waals surface area contributed by atoms with Gasteiger partial charge in [-0.15, -0.1) is 10.2 Å². The maximum absolute atomic E-state index is 12.5. The first-order chi connectivity index (χ1) is 17.5. The first-order valence-corrected chi connectivity index (χ1v) is 12.3. The second-order valence-corrected chi connectivity index (χ2v) is 9.05. The second-order valence-electron chi connectivity index (χ2n) is 8.12. The van der Waals surface area contributed by atoms with Gasteiger partial charge in [0.2, 0.25) is 11.8 Å². The number of rotatable bonds is 7. The Labute approximate surface area is 211 Å². The van der Waals surface area contributed by atoms with Crippen LogP contribution in [-0.2, 0) is 4.79 Å². The van der Waals surface area contributed by atoms with Gasteiger partial charge in [-0.2, -0.15) is 0 Å². The van der Waals surface area contributed by atoms with Crippen LogP contribution in [-0.4, -0.2) is 27.8 Å². The molecule has 1 aromatic heterocycles. The summed E-state index contributed by atoms with van der Waals surface area (Å²) >= 11 is 1.16. The number of thioether (sulfide) groups is 1. The van der Waals surface area contributed by atoms with E-state index in [1.807, 2.05) is 73.7 Å². The quantitative estimate of drug-likeness (QED) is 0.262. The highest BCUT2D eigenvalue weighted by Gasteiger charge is 2.13. The number of anilines is 2. The first kappa shape index (κ1) is 23.3. The van der Waals surface area contributed by atoms with E-state index in [0.717, 1.165) is 33.7 Å². The zero-order valence-corrected chi connectivity index (χ0v) is 20.2. The van der Waals surface area contributed by atoms with Gasteiger partial charge in [-0.1, -0.05) is 66.4 Å². The summed E-state index contributed by atoms with van der Waals surface area (Å²) in [5.74, 6) is 0.0610. The molecule has 0 aliphatic carbocycles. The molecule has 5 rings (SSSR count). The summed E-state index contributed by atoms with van der Waals surface area (Å²) in [6.45, 7) is 1.89. The van der Waals surface area contributed by atoms with Crippen LogP contribution in [0.1, 0.15) is 15.9 Å². The van der Waals surface area contributed by atoms with Gasteiger partial charge in [-0.25, -0.2) is 0 Å². The lowest BCUT2D eigenvalue weighted by atomic mass is 10.1. The minimum atomic E-state index is -0.227. The van der Waals surface area contributed by atoms with E-state index >= 15 is 0 Å². The number of nitrogens with zero attached hydrogens (tertiary/aromatic N) is 2. The zero-order chi connectivity index (χ0) is 24.9. The van der Waals surface area contributed by atoms with E-state index in [1.165, 1.54) is 0 Å². The van der Waals surface area contributed by atoms with Crippen molar-refractivity contribution in [1.82, 2.24) is 10.2 Å². The number of carbonyl (C=O) groups is 2. The SMILES string of the molecule is Cc1ccc(NC(=O)CSc2nnc(-c3ccc4ccccc4c3)o2)cc1NC(=O)c1ccccc1. The van der Waals surface area contributed by atoms with Crippen LogP contribution in [0, 0.1) is 6.92 Å². The highest BCUT2D eigenvalue weighted by Crippen LogP contribution is 2.27. The van der Waals surface area contributed by atoms with Crippen molar-refractivity contribution in [2.45, 2.75) is 12.1 Å². The average Bonchev–Trinajstić information content (AvgIpc) is 3.39. The Morgan fingerprint density at radius 2 is 1.61 bits per heavy atom. The fourth-order valence-corrected chi connectivity index (χ4v) is 4.21. The summed E-state index contributed by atoms with van der Waals surface area (Å²) in [7, 11) is 0. The van der Waals surface area contributed by atoms with Gasteiger partial charge in [0.1, 0.15) is 0 Å². The average molecular weight is 495 g/mol. The number of aryl methyl sites for hydroxylation is 1. The topological polar surface area (TPSA) is 97.1 Å². The van der Waals surface area contributed by atoms with Crippen LogP contribution in [0.2, 0.25) is 0 Å². The van der Waals surface area contributed by atoms with Crippen molar-refractivity contribution in [3.63, 3.8) is 0 Å². The molecule has 4 aromatic carbocycles. The monoisotopic (exact) mass is 494 g/mol. The van der Waals surface area contributed by atoms with E-state index < -0.39 is 0 Å². The molecule has 0 saturated carbocycles.